The van der Waals surface area contributed by atoms with E-state index >= 15 is 0 Å². The Hall–Kier alpha value is -1.81. The smallest absolute Gasteiger partial charge is 0.250 e. The standard InChI is InChI=1S/C14H17N3O/c15-14(18)11-3-1-2-10-8-12(17-13(10)11)9-4-6-16-7-5-9/h1-3,8-9,16-17H,4-7H2,(H2,15,18). The number of hydrogen-bond acceptors (Lipinski definition) is 2. The third-order valence-corrected chi connectivity index (χ3v) is 3.72. The highest BCUT2D eigenvalue weighted by molar-refractivity contribution is 6.05. The van der Waals surface area contributed by atoms with E-state index in [1.807, 2.05) is 12.1 Å². The van der Waals surface area contributed by atoms with Crippen molar-refractivity contribution in [3.8, 4) is 0 Å². The van der Waals surface area contributed by atoms with Crippen LogP contribution in [0.2, 0.25) is 0 Å². The normalized spacial score (nSPS) is 17.1. The highest BCUT2D eigenvalue weighted by Crippen LogP contribution is 2.28. The first-order valence-corrected chi connectivity index (χ1v) is 6.38. The van der Waals surface area contributed by atoms with Gasteiger partial charge in [0.1, 0.15) is 0 Å². The molecule has 0 radical (unpaired) electrons. The topological polar surface area (TPSA) is 70.9 Å². The Morgan fingerprint density at radius 3 is 2.78 bits per heavy atom. The van der Waals surface area contributed by atoms with Gasteiger partial charge in [0.15, 0.2) is 0 Å². The Kier molecular flexibility index (Phi) is 2.80. The molecule has 1 fully saturated rings. The zero-order chi connectivity index (χ0) is 12.5. The van der Waals surface area contributed by atoms with E-state index in [0.29, 0.717) is 11.5 Å². The Morgan fingerprint density at radius 1 is 1.28 bits per heavy atom. The van der Waals surface area contributed by atoms with Crippen LogP contribution in [0.1, 0.15) is 34.8 Å². The average Bonchev–Trinajstić information content (AvgIpc) is 2.83. The third-order valence-electron chi connectivity index (χ3n) is 3.72. The molecule has 0 unspecified atom stereocenters. The second kappa shape index (κ2) is 4.46. The first-order chi connectivity index (χ1) is 8.75. The number of nitrogens with two attached hydrogens (primary N) is 1. The highest BCUT2D eigenvalue weighted by atomic mass is 16.1. The summed E-state index contributed by atoms with van der Waals surface area (Å²) in [6.07, 6.45) is 2.28. The first-order valence-electron chi connectivity index (χ1n) is 6.38. The van der Waals surface area contributed by atoms with Crippen LogP contribution in [0.3, 0.4) is 0 Å². The quantitative estimate of drug-likeness (QED) is 0.751. The summed E-state index contributed by atoms with van der Waals surface area (Å²) < 4.78 is 0. The summed E-state index contributed by atoms with van der Waals surface area (Å²) in [5, 5.41) is 4.43. The number of carbonyl (C=O) groups excluding carboxylic acids is 1. The molecule has 18 heavy (non-hydrogen) atoms. The number of benzene rings is 1. The lowest BCUT2D eigenvalue weighted by Crippen LogP contribution is -2.26. The number of nitrogens with one attached hydrogen (secondary N) is 2. The number of hydrogen-bond donors (Lipinski definition) is 3. The van der Waals surface area contributed by atoms with Crippen LogP contribution >= 0.6 is 0 Å². The van der Waals surface area contributed by atoms with E-state index in [-0.39, 0.29) is 5.91 Å². The second-order valence-corrected chi connectivity index (χ2v) is 4.88. The van der Waals surface area contributed by atoms with Crippen LogP contribution in [0.5, 0.6) is 0 Å². The van der Waals surface area contributed by atoms with Crippen LogP contribution in [-0.2, 0) is 0 Å². The van der Waals surface area contributed by atoms with Crippen molar-refractivity contribution in [2.75, 3.05) is 13.1 Å². The summed E-state index contributed by atoms with van der Waals surface area (Å²) in [4.78, 5) is 14.8. The molecule has 0 spiro atoms. The van der Waals surface area contributed by atoms with Crippen LogP contribution in [-0.4, -0.2) is 24.0 Å². The monoisotopic (exact) mass is 243 g/mol. The van der Waals surface area contributed by atoms with Gasteiger partial charge in [0.05, 0.1) is 11.1 Å². The van der Waals surface area contributed by atoms with Crippen LogP contribution < -0.4 is 11.1 Å². The number of H-pyrrole nitrogens is 1. The average molecular weight is 243 g/mol. The largest absolute Gasteiger partial charge is 0.366 e. The lowest BCUT2D eigenvalue weighted by Gasteiger charge is -2.21. The van der Waals surface area contributed by atoms with Gasteiger partial charge >= 0.3 is 0 Å². The maximum absolute atomic E-state index is 11.4. The Balaban J connectivity index is 2.04. The molecule has 4 N–H and O–H groups in total. The van der Waals surface area contributed by atoms with Crippen LogP contribution in [0.25, 0.3) is 10.9 Å². The van der Waals surface area contributed by atoms with Crippen molar-refractivity contribution in [3.63, 3.8) is 0 Å². The van der Waals surface area contributed by atoms with E-state index in [9.17, 15) is 4.79 Å². The number of primary amides is 1. The van der Waals surface area contributed by atoms with Gasteiger partial charge in [-0.2, -0.15) is 0 Å². The van der Waals surface area contributed by atoms with E-state index in [2.05, 4.69) is 16.4 Å². The molecular weight excluding hydrogens is 226 g/mol. The molecule has 2 heterocycles. The molecule has 1 aromatic carbocycles. The van der Waals surface area contributed by atoms with Crippen molar-refractivity contribution in [2.45, 2.75) is 18.8 Å². The molecule has 3 rings (SSSR count). The van der Waals surface area contributed by atoms with Crippen molar-refractivity contribution in [3.05, 3.63) is 35.5 Å². The maximum Gasteiger partial charge on any atom is 0.250 e. The molecule has 1 aromatic heterocycles. The molecular formula is C14H17N3O. The molecule has 0 bridgehead atoms. The third kappa shape index (κ3) is 1.88. The second-order valence-electron chi connectivity index (χ2n) is 4.88. The van der Waals surface area contributed by atoms with Crippen LogP contribution in [0.4, 0.5) is 0 Å². The van der Waals surface area contributed by atoms with E-state index in [4.69, 9.17) is 5.73 Å². The predicted molar refractivity (Wildman–Crippen MR) is 71.7 cm³/mol. The fraction of sp³-hybridized carbons (Fsp3) is 0.357. The van der Waals surface area contributed by atoms with Crippen molar-refractivity contribution in [1.82, 2.24) is 10.3 Å². The highest BCUT2D eigenvalue weighted by Gasteiger charge is 2.18. The molecule has 1 amide bonds. The maximum atomic E-state index is 11.4. The lowest BCUT2D eigenvalue weighted by atomic mass is 9.95. The molecule has 1 aliphatic heterocycles. The van der Waals surface area contributed by atoms with Crippen molar-refractivity contribution in [2.24, 2.45) is 5.73 Å². The fourth-order valence-electron chi connectivity index (χ4n) is 2.74. The Bertz CT molecular complexity index is 582. The van der Waals surface area contributed by atoms with Crippen molar-refractivity contribution >= 4 is 16.8 Å². The molecule has 4 heteroatoms. The van der Waals surface area contributed by atoms with Gasteiger partial charge in [0.25, 0.3) is 5.91 Å². The molecule has 0 atom stereocenters. The number of amides is 1. The number of aromatic amines is 1. The lowest BCUT2D eigenvalue weighted by molar-refractivity contribution is 0.100. The van der Waals surface area contributed by atoms with Crippen molar-refractivity contribution < 1.29 is 4.79 Å². The molecule has 4 nitrogen and oxygen atoms in total. The Labute approximate surface area is 106 Å². The van der Waals surface area contributed by atoms with Gasteiger partial charge in [0.2, 0.25) is 0 Å². The SMILES string of the molecule is NC(=O)c1cccc2cc(C3CCNCC3)[nH]c12. The summed E-state index contributed by atoms with van der Waals surface area (Å²) >= 11 is 0. The minimum atomic E-state index is -0.376. The zero-order valence-corrected chi connectivity index (χ0v) is 10.2. The summed E-state index contributed by atoms with van der Waals surface area (Å²) in [6.45, 7) is 2.12. The Morgan fingerprint density at radius 2 is 2.06 bits per heavy atom. The van der Waals surface area contributed by atoms with Crippen molar-refractivity contribution in [1.29, 1.82) is 0 Å². The zero-order valence-electron chi connectivity index (χ0n) is 10.2. The number of fused-ring (bicyclic) bond motifs is 1. The molecule has 1 aliphatic rings. The van der Waals surface area contributed by atoms with Gasteiger partial charge in [-0.1, -0.05) is 12.1 Å². The fourth-order valence-corrected chi connectivity index (χ4v) is 2.74. The van der Waals surface area contributed by atoms with Gasteiger partial charge in [-0.25, -0.2) is 0 Å². The van der Waals surface area contributed by atoms with Gasteiger partial charge in [-0.15, -0.1) is 0 Å². The van der Waals surface area contributed by atoms with Gasteiger partial charge in [-0.3, -0.25) is 4.79 Å². The molecule has 94 valence electrons. The van der Waals surface area contributed by atoms with Gasteiger partial charge < -0.3 is 16.0 Å². The molecule has 0 aliphatic carbocycles. The number of rotatable bonds is 2. The minimum Gasteiger partial charge on any atom is -0.366 e. The molecule has 1 saturated heterocycles. The number of para-hydroxylation sites is 1. The van der Waals surface area contributed by atoms with Crippen LogP contribution in [0, 0.1) is 0 Å². The first kappa shape index (κ1) is 11.3. The molecule has 0 saturated carbocycles. The van der Waals surface area contributed by atoms with E-state index in [1.165, 1.54) is 5.69 Å². The van der Waals surface area contributed by atoms with E-state index in [0.717, 1.165) is 36.8 Å². The summed E-state index contributed by atoms with van der Waals surface area (Å²) in [5.74, 6) is 0.179. The van der Waals surface area contributed by atoms with Gasteiger partial charge in [0, 0.05) is 17.0 Å². The summed E-state index contributed by atoms with van der Waals surface area (Å²) in [5.41, 5.74) is 8.07. The number of aromatic nitrogens is 1. The number of carbonyl (C=O) groups is 1. The van der Waals surface area contributed by atoms with E-state index < -0.39 is 0 Å². The minimum absolute atomic E-state index is 0.376. The van der Waals surface area contributed by atoms with E-state index in [1.54, 1.807) is 6.07 Å². The predicted octanol–water partition coefficient (Wildman–Crippen LogP) is 1.73. The molecule has 2 aromatic rings. The van der Waals surface area contributed by atoms with Gasteiger partial charge in [-0.05, 0) is 38.1 Å². The summed E-state index contributed by atoms with van der Waals surface area (Å²) in [7, 11) is 0. The van der Waals surface area contributed by atoms with Crippen LogP contribution in [0.15, 0.2) is 24.3 Å². The summed E-state index contributed by atoms with van der Waals surface area (Å²) in [6, 6.07) is 7.82. The number of piperidine rings is 1.